The fraction of sp³-hybridized carbons (Fsp3) is 0.250. The van der Waals surface area contributed by atoms with Crippen LogP contribution in [0.5, 0.6) is 11.5 Å². The molecule has 2 aliphatic heterocycles. The molecule has 1 saturated heterocycles. The van der Waals surface area contributed by atoms with Crippen LogP contribution in [-0.4, -0.2) is 43.6 Å². The molecule has 0 saturated carbocycles. The number of ether oxygens (including phenoxy) is 3. The third-order valence-electron chi connectivity index (χ3n) is 6.11. The first-order valence-corrected chi connectivity index (χ1v) is 11.9. The van der Waals surface area contributed by atoms with Gasteiger partial charge in [0.05, 0.1) is 29.5 Å². The summed E-state index contributed by atoms with van der Waals surface area (Å²) in [6.07, 6.45) is 2.11. The van der Waals surface area contributed by atoms with E-state index in [1.165, 1.54) is 12.1 Å². The lowest BCUT2D eigenvalue weighted by molar-refractivity contribution is 0.0679. The highest BCUT2D eigenvalue weighted by molar-refractivity contribution is 6.34. The van der Waals surface area contributed by atoms with Crippen LogP contribution >= 0.6 is 0 Å². The van der Waals surface area contributed by atoms with Gasteiger partial charge in [0.15, 0.2) is 0 Å². The zero-order valence-electron chi connectivity index (χ0n) is 19.9. The van der Waals surface area contributed by atoms with E-state index in [9.17, 15) is 14.4 Å². The van der Waals surface area contributed by atoms with Crippen molar-refractivity contribution < 1.29 is 28.6 Å². The van der Waals surface area contributed by atoms with E-state index in [0.717, 1.165) is 24.3 Å². The Morgan fingerprint density at radius 3 is 2.53 bits per heavy atom. The SMILES string of the molecule is CCOc1ccc(N2C(=O)c3ccc(C(=O)Nc4cccc(OCC5CCCO5)c4)cc3C2=O)cc1. The van der Waals surface area contributed by atoms with Crippen molar-refractivity contribution in [2.45, 2.75) is 25.9 Å². The number of benzene rings is 3. The molecule has 5 rings (SSSR count). The number of amides is 3. The number of hydrogen-bond acceptors (Lipinski definition) is 6. The molecule has 1 fully saturated rings. The molecule has 1 N–H and O–H groups in total. The fourth-order valence-corrected chi connectivity index (χ4v) is 4.31. The van der Waals surface area contributed by atoms with Crippen molar-refractivity contribution in [1.29, 1.82) is 0 Å². The zero-order valence-corrected chi connectivity index (χ0v) is 19.9. The van der Waals surface area contributed by atoms with Crippen LogP contribution in [0.2, 0.25) is 0 Å². The van der Waals surface area contributed by atoms with E-state index < -0.39 is 17.7 Å². The van der Waals surface area contributed by atoms with Crippen molar-refractivity contribution >= 4 is 29.1 Å². The molecular formula is C28H26N2O6. The Bertz CT molecular complexity index is 1300. The number of anilines is 2. The van der Waals surface area contributed by atoms with E-state index in [-0.39, 0.29) is 22.8 Å². The second kappa shape index (κ2) is 10.2. The van der Waals surface area contributed by atoms with Gasteiger partial charge in [0, 0.05) is 23.9 Å². The van der Waals surface area contributed by atoms with Crippen LogP contribution < -0.4 is 19.7 Å². The van der Waals surface area contributed by atoms with Gasteiger partial charge in [-0.1, -0.05) is 6.07 Å². The number of imide groups is 1. The van der Waals surface area contributed by atoms with Gasteiger partial charge in [-0.3, -0.25) is 14.4 Å². The fourth-order valence-electron chi connectivity index (χ4n) is 4.31. The molecule has 3 aromatic carbocycles. The highest BCUT2D eigenvalue weighted by atomic mass is 16.5. The molecule has 3 amide bonds. The quantitative estimate of drug-likeness (QED) is 0.464. The first-order chi connectivity index (χ1) is 17.5. The van der Waals surface area contributed by atoms with E-state index in [2.05, 4.69) is 5.32 Å². The van der Waals surface area contributed by atoms with E-state index in [0.29, 0.717) is 36.1 Å². The number of nitrogens with zero attached hydrogens (tertiary/aromatic N) is 1. The second-order valence-electron chi connectivity index (χ2n) is 8.56. The Kier molecular flexibility index (Phi) is 6.69. The maximum atomic E-state index is 13.1. The van der Waals surface area contributed by atoms with E-state index in [1.54, 1.807) is 48.5 Å². The zero-order chi connectivity index (χ0) is 25.1. The normalized spacial score (nSPS) is 16.7. The van der Waals surface area contributed by atoms with Crippen LogP contribution in [0.15, 0.2) is 66.7 Å². The molecular weight excluding hydrogens is 460 g/mol. The summed E-state index contributed by atoms with van der Waals surface area (Å²) in [4.78, 5) is 40.1. The number of fused-ring (bicyclic) bond motifs is 1. The summed E-state index contributed by atoms with van der Waals surface area (Å²) < 4.78 is 16.8. The molecule has 2 heterocycles. The van der Waals surface area contributed by atoms with Crippen LogP contribution in [0, 0.1) is 0 Å². The molecule has 1 atom stereocenters. The topological polar surface area (TPSA) is 94.2 Å². The number of rotatable bonds is 8. The average molecular weight is 487 g/mol. The predicted octanol–water partition coefficient (Wildman–Crippen LogP) is 4.70. The Morgan fingerprint density at radius 2 is 1.78 bits per heavy atom. The van der Waals surface area contributed by atoms with Crippen molar-refractivity contribution in [3.05, 3.63) is 83.4 Å². The molecule has 0 spiro atoms. The van der Waals surface area contributed by atoms with Crippen LogP contribution in [0.3, 0.4) is 0 Å². The molecule has 36 heavy (non-hydrogen) atoms. The molecule has 0 aromatic heterocycles. The summed E-state index contributed by atoms with van der Waals surface area (Å²) in [7, 11) is 0. The highest BCUT2D eigenvalue weighted by Crippen LogP contribution is 2.30. The summed E-state index contributed by atoms with van der Waals surface area (Å²) in [5, 5.41) is 2.83. The maximum absolute atomic E-state index is 13.1. The van der Waals surface area contributed by atoms with Crippen molar-refractivity contribution in [1.82, 2.24) is 0 Å². The van der Waals surface area contributed by atoms with Gasteiger partial charge < -0.3 is 19.5 Å². The van der Waals surface area contributed by atoms with Gasteiger partial charge in [-0.05, 0) is 74.4 Å². The van der Waals surface area contributed by atoms with Crippen LogP contribution in [0.4, 0.5) is 11.4 Å². The lowest BCUT2D eigenvalue weighted by atomic mass is 10.1. The minimum atomic E-state index is -0.474. The third kappa shape index (κ3) is 4.81. The molecule has 8 heteroatoms. The van der Waals surface area contributed by atoms with Crippen LogP contribution in [-0.2, 0) is 4.74 Å². The van der Waals surface area contributed by atoms with E-state index in [1.807, 2.05) is 13.0 Å². The summed E-state index contributed by atoms with van der Waals surface area (Å²) in [5.41, 5.74) is 1.72. The van der Waals surface area contributed by atoms with Crippen LogP contribution in [0.1, 0.15) is 50.8 Å². The van der Waals surface area contributed by atoms with Gasteiger partial charge in [0.2, 0.25) is 0 Å². The Labute approximate surface area is 208 Å². The number of nitrogens with one attached hydrogen (secondary N) is 1. The van der Waals surface area contributed by atoms with E-state index >= 15 is 0 Å². The van der Waals surface area contributed by atoms with E-state index in [4.69, 9.17) is 14.2 Å². The van der Waals surface area contributed by atoms with Crippen molar-refractivity contribution in [2.75, 3.05) is 30.0 Å². The maximum Gasteiger partial charge on any atom is 0.266 e. The number of hydrogen-bond donors (Lipinski definition) is 1. The Balaban J connectivity index is 1.29. The molecule has 184 valence electrons. The van der Waals surface area contributed by atoms with Crippen LogP contribution in [0.25, 0.3) is 0 Å². The molecule has 2 aliphatic rings. The van der Waals surface area contributed by atoms with Gasteiger partial charge in [-0.2, -0.15) is 0 Å². The third-order valence-corrected chi connectivity index (χ3v) is 6.11. The first-order valence-electron chi connectivity index (χ1n) is 11.9. The summed E-state index contributed by atoms with van der Waals surface area (Å²) in [6, 6.07) is 18.4. The van der Waals surface area contributed by atoms with Crippen molar-refractivity contribution in [2.24, 2.45) is 0 Å². The smallest absolute Gasteiger partial charge is 0.266 e. The monoisotopic (exact) mass is 486 g/mol. The van der Waals surface area contributed by atoms with Gasteiger partial charge >= 0.3 is 0 Å². The second-order valence-corrected chi connectivity index (χ2v) is 8.56. The minimum absolute atomic E-state index is 0.0945. The molecule has 0 aliphatic carbocycles. The average Bonchev–Trinajstić information content (AvgIpc) is 3.50. The summed E-state index contributed by atoms with van der Waals surface area (Å²) in [5.74, 6) is -0.0171. The van der Waals surface area contributed by atoms with Crippen molar-refractivity contribution in [3.8, 4) is 11.5 Å². The molecule has 8 nitrogen and oxygen atoms in total. The number of carbonyl (C=O) groups excluding carboxylic acids is 3. The molecule has 3 aromatic rings. The Morgan fingerprint density at radius 1 is 0.972 bits per heavy atom. The van der Waals surface area contributed by atoms with Gasteiger partial charge in [-0.15, -0.1) is 0 Å². The lowest BCUT2D eigenvalue weighted by Crippen LogP contribution is -2.29. The standard InChI is InChI=1S/C28H26N2O6/c1-2-34-21-11-9-20(10-12-21)30-27(32)24-13-8-18(15-25(24)28(30)33)26(31)29-19-5-3-6-22(16-19)36-17-23-7-4-14-35-23/h3,5-6,8-13,15-16,23H,2,4,7,14,17H2,1H3,(H,29,31). The van der Waals surface area contributed by atoms with Gasteiger partial charge in [0.25, 0.3) is 17.7 Å². The predicted molar refractivity (Wildman–Crippen MR) is 134 cm³/mol. The minimum Gasteiger partial charge on any atom is -0.494 e. The highest BCUT2D eigenvalue weighted by Gasteiger charge is 2.37. The first kappa shape index (κ1) is 23.6. The lowest BCUT2D eigenvalue weighted by Gasteiger charge is -2.14. The molecule has 1 unspecified atom stereocenters. The molecule has 0 bridgehead atoms. The molecule has 0 radical (unpaired) electrons. The number of carbonyl (C=O) groups is 3. The summed E-state index contributed by atoms with van der Waals surface area (Å²) >= 11 is 0. The Hall–Kier alpha value is -4.17. The summed E-state index contributed by atoms with van der Waals surface area (Å²) in [6.45, 7) is 3.62. The van der Waals surface area contributed by atoms with Gasteiger partial charge in [0.1, 0.15) is 18.1 Å². The van der Waals surface area contributed by atoms with Gasteiger partial charge in [-0.25, -0.2) is 4.90 Å². The largest absolute Gasteiger partial charge is 0.494 e. The van der Waals surface area contributed by atoms with Crippen molar-refractivity contribution in [3.63, 3.8) is 0 Å².